The number of thiocarbonyl (C=S) groups is 1. The van der Waals surface area contributed by atoms with Crippen molar-refractivity contribution in [3.63, 3.8) is 0 Å². The van der Waals surface area contributed by atoms with Gasteiger partial charge in [-0.25, -0.2) is 0 Å². The summed E-state index contributed by atoms with van der Waals surface area (Å²) in [5, 5.41) is 8.88. The van der Waals surface area contributed by atoms with Gasteiger partial charge < -0.3 is 5.11 Å². The highest BCUT2D eigenvalue weighted by Crippen LogP contribution is 2.32. The van der Waals surface area contributed by atoms with Crippen molar-refractivity contribution in [1.29, 1.82) is 0 Å². The smallest absolute Gasteiger partial charge is 0.323 e. The Hall–Kier alpha value is -2.55. The van der Waals surface area contributed by atoms with Gasteiger partial charge in [-0.1, -0.05) is 70.3 Å². The number of amides is 1. The average molecular weight is 488 g/mol. The molecule has 1 aliphatic heterocycles. The Morgan fingerprint density at radius 1 is 1.07 bits per heavy atom. The SMILES string of the molecule is O=C(O)CN1C(=O)/C(=C\c2ccc(/C=C/C(=O)c3ccc(Br)cc3)cc2)SC1=S. The van der Waals surface area contributed by atoms with Gasteiger partial charge in [0.2, 0.25) is 0 Å². The number of rotatable bonds is 6. The van der Waals surface area contributed by atoms with Crippen LogP contribution in [0, 0.1) is 0 Å². The third kappa shape index (κ3) is 5.50. The van der Waals surface area contributed by atoms with E-state index in [1.165, 1.54) is 6.08 Å². The second kappa shape index (κ2) is 9.30. The standard InChI is InChI=1S/C21H14BrNO4S2/c22-16-8-6-15(7-9-16)17(24)10-5-13-1-3-14(4-2-13)11-18-20(27)23(12-19(25)26)21(28)29-18/h1-11H,12H2,(H,25,26)/b10-5+,18-11+. The number of nitrogens with zero attached hydrogens (tertiary/aromatic N) is 1. The number of thioether (sulfide) groups is 1. The van der Waals surface area contributed by atoms with Crippen LogP contribution in [0.4, 0.5) is 0 Å². The second-order valence-corrected chi connectivity index (χ2v) is 8.62. The first-order valence-electron chi connectivity index (χ1n) is 8.39. The van der Waals surface area contributed by atoms with Gasteiger partial charge in [-0.15, -0.1) is 0 Å². The van der Waals surface area contributed by atoms with Gasteiger partial charge in [-0.2, -0.15) is 0 Å². The van der Waals surface area contributed by atoms with Crippen molar-refractivity contribution in [2.75, 3.05) is 6.54 Å². The molecule has 1 N–H and O–H groups in total. The van der Waals surface area contributed by atoms with Gasteiger partial charge in [-0.3, -0.25) is 19.3 Å². The number of ketones is 1. The highest BCUT2D eigenvalue weighted by atomic mass is 79.9. The molecule has 1 fully saturated rings. The summed E-state index contributed by atoms with van der Waals surface area (Å²) >= 11 is 9.49. The summed E-state index contributed by atoms with van der Waals surface area (Å²) in [7, 11) is 0. The summed E-state index contributed by atoms with van der Waals surface area (Å²) in [4.78, 5) is 36.8. The molecule has 1 aliphatic rings. The minimum Gasteiger partial charge on any atom is -0.480 e. The van der Waals surface area contributed by atoms with Crippen molar-refractivity contribution in [3.05, 3.63) is 80.7 Å². The first kappa shape index (κ1) is 21.2. The third-order valence-corrected chi connectivity index (χ3v) is 5.86. The van der Waals surface area contributed by atoms with Crippen LogP contribution in [-0.4, -0.2) is 38.5 Å². The summed E-state index contributed by atoms with van der Waals surface area (Å²) in [6.45, 7) is -0.446. The zero-order chi connectivity index (χ0) is 21.0. The number of hydrogen-bond donors (Lipinski definition) is 1. The lowest BCUT2D eigenvalue weighted by atomic mass is 10.1. The second-order valence-electron chi connectivity index (χ2n) is 6.03. The third-order valence-electron chi connectivity index (χ3n) is 3.96. The Morgan fingerprint density at radius 2 is 1.69 bits per heavy atom. The van der Waals surface area contributed by atoms with E-state index in [-0.39, 0.29) is 10.1 Å². The van der Waals surface area contributed by atoms with Crippen molar-refractivity contribution < 1.29 is 19.5 Å². The van der Waals surface area contributed by atoms with Crippen molar-refractivity contribution in [3.8, 4) is 0 Å². The van der Waals surface area contributed by atoms with E-state index in [2.05, 4.69) is 15.9 Å². The molecule has 0 atom stereocenters. The lowest BCUT2D eigenvalue weighted by Crippen LogP contribution is -2.33. The molecule has 2 aromatic carbocycles. The zero-order valence-electron chi connectivity index (χ0n) is 14.9. The Labute approximate surface area is 185 Å². The molecule has 0 radical (unpaired) electrons. The fourth-order valence-electron chi connectivity index (χ4n) is 2.51. The Morgan fingerprint density at radius 3 is 2.31 bits per heavy atom. The van der Waals surface area contributed by atoms with Crippen LogP contribution >= 0.6 is 39.9 Å². The molecular formula is C21H14BrNO4S2. The van der Waals surface area contributed by atoms with Crippen molar-refractivity contribution >= 4 is 74.0 Å². The van der Waals surface area contributed by atoms with Gasteiger partial charge in [-0.05, 0) is 47.5 Å². The van der Waals surface area contributed by atoms with Crippen LogP contribution in [0.15, 0.2) is 64.0 Å². The Kier molecular flexibility index (Phi) is 6.79. The predicted octanol–water partition coefficient (Wildman–Crippen LogP) is 4.63. The van der Waals surface area contributed by atoms with E-state index in [1.54, 1.807) is 24.3 Å². The summed E-state index contributed by atoms with van der Waals surface area (Å²) in [6.07, 6.45) is 4.90. The lowest BCUT2D eigenvalue weighted by molar-refractivity contribution is -0.140. The molecule has 0 aromatic heterocycles. The number of carbonyl (C=O) groups is 3. The van der Waals surface area contributed by atoms with E-state index in [0.717, 1.165) is 32.3 Å². The highest BCUT2D eigenvalue weighted by Gasteiger charge is 2.33. The topological polar surface area (TPSA) is 74.7 Å². The molecule has 0 spiro atoms. The number of carboxylic acids is 1. The number of allylic oxidation sites excluding steroid dienone is 1. The minimum atomic E-state index is -1.11. The molecular weight excluding hydrogens is 474 g/mol. The van der Waals surface area contributed by atoms with E-state index in [4.69, 9.17) is 17.3 Å². The molecule has 8 heteroatoms. The largest absolute Gasteiger partial charge is 0.480 e. The fraction of sp³-hybridized carbons (Fsp3) is 0.0476. The summed E-state index contributed by atoms with van der Waals surface area (Å²) in [5.74, 6) is -1.62. The first-order chi connectivity index (χ1) is 13.8. The summed E-state index contributed by atoms with van der Waals surface area (Å²) in [5.41, 5.74) is 2.22. The summed E-state index contributed by atoms with van der Waals surface area (Å²) in [6, 6.07) is 14.4. The number of halogens is 1. The van der Waals surface area contributed by atoms with Crippen molar-refractivity contribution in [2.45, 2.75) is 0 Å². The first-order valence-corrected chi connectivity index (χ1v) is 10.4. The molecule has 0 bridgehead atoms. The Bertz CT molecular complexity index is 1040. The van der Waals surface area contributed by atoms with Crippen LogP contribution in [0.5, 0.6) is 0 Å². The molecule has 0 saturated carbocycles. The molecule has 146 valence electrons. The maximum absolute atomic E-state index is 12.3. The number of aliphatic carboxylic acids is 1. The number of benzene rings is 2. The molecule has 2 aromatic rings. The van der Waals surface area contributed by atoms with Crippen LogP contribution in [0.2, 0.25) is 0 Å². The zero-order valence-corrected chi connectivity index (χ0v) is 18.1. The van der Waals surface area contributed by atoms with Crippen LogP contribution in [0.1, 0.15) is 21.5 Å². The highest BCUT2D eigenvalue weighted by molar-refractivity contribution is 9.10. The molecule has 0 aliphatic carbocycles. The van der Waals surface area contributed by atoms with E-state index in [0.29, 0.717) is 10.5 Å². The molecule has 1 amide bonds. The number of carbonyl (C=O) groups excluding carboxylic acids is 2. The molecule has 3 rings (SSSR count). The lowest BCUT2D eigenvalue weighted by Gasteiger charge is -2.10. The van der Waals surface area contributed by atoms with Crippen LogP contribution in [-0.2, 0) is 9.59 Å². The van der Waals surface area contributed by atoms with Gasteiger partial charge in [0.25, 0.3) is 5.91 Å². The van der Waals surface area contributed by atoms with Crippen molar-refractivity contribution in [2.24, 2.45) is 0 Å². The van der Waals surface area contributed by atoms with Crippen LogP contribution < -0.4 is 0 Å². The molecule has 5 nitrogen and oxygen atoms in total. The monoisotopic (exact) mass is 487 g/mol. The fourth-order valence-corrected chi connectivity index (χ4v) is 4.03. The number of hydrogen-bond acceptors (Lipinski definition) is 5. The average Bonchev–Trinajstić information content (AvgIpc) is 2.95. The maximum Gasteiger partial charge on any atom is 0.323 e. The van der Waals surface area contributed by atoms with Gasteiger partial charge in [0, 0.05) is 10.0 Å². The van der Waals surface area contributed by atoms with Crippen LogP contribution in [0.25, 0.3) is 12.2 Å². The Balaban J connectivity index is 1.69. The normalized spacial score (nSPS) is 15.5. The quantitative estimate of drug-likeness (QED) is 0.363. The molecule has 1 heterocycles. The molecule has 29 heavy (non-hydrogen) atoms. The predicted molar refractivity (Wildman–Crippen MR) is 121 cm³/mol. The summed E-state index contributed by atoms with van der Waals surface area (Å²) < 4.78 is 1.14. The van der Waals surface area contributed by atoms with Crippen molar-refractivity contribution in [1.82, 2.24) is 4.90 Å². The van der Waals surface area contributed by atoms with Gasteiger partial charge in [0.05, 0.1) is 4.91 Å². The minimum absolute atomic E-state index is 0.0938. The van der Waals surface area contributed by atoms with E-state index in [1.807, 2.05) is 36.4 Å². The van der Waals surface area contributed by atoms with Gasteiger partial charge >= 0.3 is 5.97 Å². The van der Waals surface area contributed by atoms with E-state index >= 15 is 0 Å². The maximum atomic E-state index is 12.3. The molecule has 0 unspecified atom stereocenters. The molecule has 1 saturated heterocycles. The van der Waals surface area contributed by atoms with Crippen LogP contribution in [0.3, 0.4) is 0 Å². The van der Waals surface area contributed by atoms with E-state index in [9.17, 15) is 14.4 Å². The van der Waals surface area contributed by atoms with Gasteiger partial charge in [0.1, 0.15) is 10.9 Å². The van der Waals surface area contributed by atoms with Gasteiger partial charge in [0.15, 0.2) is 5.78 Å². The van der Waals surface area contributed by atoms with E-state index < -0.39 is 18.4 Å². The number of carboxylic acid groups (broad SMARTS) is 1.